The van der Waals surface area contributed by atoms with Crippen LogP contribution in [0.4, 0.5) is 13.2 Å². The molecule has 1 aromatic carbocycles. The predicted molar refractivity (Wildman–Crippen MR) is 117 cm³/mol. The number of likely N-dealkylation sites (tertiary alicyclic amines) is 1. The third-order valence-electron chi connectivity index (χ3n) is 4.69. The van der Waals surface area contributed by atoms with Crippen LogP contribution in [0.2, 0.25) is 0 Å². The molecule has 2 atom stereocenters. The summed E-state index contributed by atoms with van der Waals surface area (Å²) in [6.07, 6.45) is -2.81. The molecule has 0 spiro atoms. The monoisotopic (exact) mass is 514 g/mol. The van der Waals surface area contributed by atoms with E-state index in [-0.39, 0.29) is 35.8 Å². The summed E-state index contributed by atoms with van der Waals surface area (Å²) >= 11 is 0. The minimum Gasteiger partial charge on any atom is -0.489 e. The summed E-state index contributed by atoms with van der Waals surface area (Å²) in [6.45, 7) is 5.41. The molecule has 0 saturated carbocycles. The van der Waals surface area contributed by atoms with Crippen LogP contribution in [0.3, 0.4) is 0 Å². The van der Waals surface area contributed by atoms with E-state index < -0.39 is 11.7 Å². The molecular formula is C19H30F3IN4O. The zero-order valence-electron chi connectivity index (χ0n) is 16.6. The van der Waals surface area contributed by atoms with Crippen LogP contribution in [0.1, 0.15) is 25.3 Å². The maximum absolute atomic E-state index is 12.8. The summed E-state index contributed by atoms with van der Waals surface area (Å²) < 4.78 is 44.2. The van der Waals surface area contributed by atoms with Gasteiger partial charge in [-0.05, 0) is 50.6 Å². The Morgan fingerprint density at radius 1 is 1.36 bits per heavy atom. The van der Waals surface area contributed by atoms with Crippen molar-refractivity contribution in [2.75, 3.05) is 40.3 Å². The van der Waals surface area contributed by atoms with Crippen LogP contribution in [0, 0.1) is 5.92 Å². The van der Waals surface area contributed by atoms with Gasteiger partial charge in [0.05, 0.1) is 12.1 Å². The average Bonchev–Trinajstić information content (AvgIpc) is 3.05. The maximum atomic E-state index is 12.8. The van der Waals surface area contributed by atoms with E-state index in [0.29, 0.717) is 24.8 Å². The molecule has 28 heavy (non-hydrogen) atoms. The van der Waals surface area contributed by atoms with Crippen molar-refractivity contribution >= 4 is 29.9 Å². The van der Waals surface area contributed by atoms with Gasteiger partial charge in [0.15, 0.2) is 5.96 Å². The third-order valence-corrected chi connectivity index (χ3v) is 4.69. The van der Waals surface area contributed by atoms with E-state index in [1.165, 1.54) is 6.07 Å². The number of alkyl halides is 3. The smallest absolute Gasteiger partial charge is 0.416 e. The van der Waals surface area contributed by atoms with E-state index in [4.69, 9.17) is 4.74 Å². The SMILES string of the molecule is CCC(CNC(=NC)NCC1CCN(C)C1)Oc1cccc(C(F)(F)F)c1.I. The highest BCUT2D eigenvalue weighted by molar-refractivity contribution is 14.0. The summed E-state index contributed by atoms with van der Waals surface area (Å²) in [6, 6.07) is 4.98. The molecule has 0 aliphatic carbocycles. The number of ether oxygens (including phenoxy) is 1. The van der Waals surface area contributed by atoms with Crippen molar-refractivity contribution in [2.24, 2.45) is 10.9 Å². The molecule has 1 aromatic rings. The van der Waals surface area contributed by atoms with Gasteiger partial charge in [0.25, 0.3) is 0 Å². The molecule has 1 saturated heterocycles. The first kappa shape index (κ1) is 24.8. The Bertz CT molecular complexity index is 627. The molecule has 0 amide bonds. The molecule has 0 radical (unpaired) electrons. The molecule has 0 bridgehead atoms. The fraction of sp³-hybridized carbons (Fsp3) is 0.632. The van der Waals surface area contributed by atoms with Crippen molar-refractivity contribution in [3.05, 3.63) is 29.8 Å². The molecule has 2 rings (SSSR count). The van der Waals surface area contributed by atoms with E-state index >= 15 is 0 Å². The number of halogens is 4. The lowest BCUT2D eigenvalue weighted by molar-refractivity contribution is -0.137. The lowest BCUT2D eigenvalue weighted by Crippen LogP contribution is -2.44. The number of nitrogens with zero attached hydrogens (tertiary/aromatic N) is 2. The van der Waals surface area contributed by atoms with Crippen molar-refractivity contribution in [1.82, 2.24) is 15.5 Å². The van der Waals surface area contributed by atoms with Crippen LogP contribution >= 0.6 is 24.0 Å². The van der Waals surface area contributed by atoms with E-state index in [9.17, 15) is 13.2 Å². The van der Waals surface area contributed by atoms with Gasteiger partial charge in [-0.25, -0.2) is 0 Å². The second kappa shape index (κ2) is 11.7. The fourth-order valence-corrected chi connectivity index (χ4v) is 3.07. The molecule has 1 aliphatic rings. The van der Waals surface area contributed by atoms with Gasteiger partial charge >= 0.3 is 6.18 Å². The van der Waals surface area contributed by atoms with Crippen LogP contribution in [-0.4, -0.2) is 57.2 Å². The number of hydrogen-bond acceptors (Lipinski definition) is 3. The highest BCUT2D eigenvalue weighted by Crippen LogP contribution is 2.31. The van der Waals surface area contributed by atoms with Crippen molar-refractivity contribution in [3.8, 4) is 5.75 Å². The zero-order chi connectivity index (χ0) is 19.9. The van der Waals surface area contributed by atoms with Gasteiger partial charge in [-0.3, -0.25) is 4.99 Å². The van der Waals surface area contributed by atoms with Gasteiger partial charge in [0, 0.05) is 20.1 Å². The van der Waals surface area contributed by atoms with Crippen LogP contribution in [-0.2, 0) is 6.18 Å². The Kier molecular flexibility index (Phi) is 10.4. The van der Waals surface area contributed by atoms with Gasteiger partial charge in [-0.2, -0.15) is 13.2 Å². The van der Waals surface area contributed by atoms with E-state index in [0.717, 1.165) is 38.2 Å². The van der Waals surface area contributed by atoms with Gasteiger partial charge in [-0.15, -0.1) is 24.0 Å². The van der Waals surface area contributed by atoms with Gasteiger partial charge < -0.3 is 20.3 Å². The average molecular weight is 514 g/mol. The second-order valence-electron chi connectivity index (χ2n) is 6.92. The van der Waals surface area contributed by atoms with Crippen molar-refractivity contribution in [3.63, 3.8) is 0 Å². The summed E-state index contributed by atoms with van der Waals surface area (Å²) in [7, 11) is 3.81. The largest absolute Gasteiger partial charge is 0.489 e. The quantitative estimate of drug-likeness (QED) is 0.332. The summed E-state index contributed by atoms with van der Waals surface area (Å²) in [5.41, 5.74) is -0.707. The molecule has 160 valence electrons. The Morgan fingerprint density at radius 3 is 2.68 bits per heavy atom. The Morgan fingerprint density at radius 2 is 2.11 bits per heavy atom. The van der Waals surface area contributed by atoms with Gasteiger partial charge in [0.1, 0.15) is 11.9 Å². The highest BCUT2D eigenvalue weighted by Gasteiger charge is 2.30. The van der Waals surface area contributed by atoms with Crippen molar-refractivity contribution in [1.29, 1.82) is 0 Å². The van der Waals surface area contributed by atoms with Crippen LogP contribution < -0.4 is 15.4 Å². The second-order valence-corrected chi connectivity index (χ2v) is 6.92. The zero-order valence-corrected chi connectivity index (χ0v) is 18.9. The van der Waals surface area contributed by atoms with Crippen LogP contribution in [0.15, 0.2) is 29.3 Å². The normalized spacial score (nSPS) is 19.1. The molecule has 1 heterocycles. The number of guanidine groups is 1. The molecule has 2 N–H and O–H groups in total. The minimum absolute atomic E-state index is 0. The first-order valence-corrected chi connectivity index (χ1v) is 9.28. The molecule has 9 heteroatoms. The van der Waals surface area contributed by atoms with Crippen LogP contribution in [0.5, 0.6) is 5.75 Å². The number of hydrogen-bond donors (Lipinski definition) is 2. The molecule has 0 aromatic heterocycles. The topological polar surface area (TPSA) is 48.9 Å². The van der Waals surface area contributed by atoms with E-state index in [1.54, 1.807) is 13.1 Å². The number of rotatable bonds is 7. The predicted octanol–water partition coefficient (Wildman–Crippen LogP) is 3.60. The van der Waals surface area contributed by atoms with E-state index in [2.05, 4.69) is 27.6 Å². The highest BCUT2D eigenvalue weighted by atomic mass is 127. The Balaban J connectivity index is 0.00000392. The number of benzene rings is 1. The summed E-state index contributed by atoms with van der Waals surface area (Å²) in [4.78, 5) is 6.51. The lowest BCUT2D eigenvalue weighted by Gasteiger charge is -2.21. The Labute approximate surface area is 182 Å². The van der Waals surface area contributed by atoms with Crippen LogP contribution in [0.25, 0.3) is 0 Å². The molecule has 1 fully saturated rings. The number of nitrogens with one attached hydrogen (secondary N) is 2. The summed E-state index contributed by atoms with van der Waals surface area (Å²) in [5.74, 6) is 1.49. The standard InChI is InChI=1S/C19H29F3N4O.HI/c1-4-16(27-17-7-5-6-15(10-17)19(20,21)22)12-25-18(23-2)24-11-14-8-9-26(3)13-14;/h5-7,10,14,16H,4,8-9,11-13H2,1-3H3,(H2,23,24,25);1H. The Hall–Kier alpha value is -1.23. The molecule has 5 nitrogen and oxygen atoms in total. The van der Waals surface area contributed by atoms with Crippen molar-refractivity contribution < 1.29 is 17.9 Å². The number of aliphatic imine (C=N–C) groups is 1. The van der Waals surface area contributed by atoms with E-state index in [1.807, 2.05) is 6.92 Å². The molecule has 1 aliphatic heterocycles. The minimum atomic E-state index is -4.38. The third kappa shape index (κ3) is 8.02. The van der Waals surface area contributed by atoms with Gasteiger partial charge in [-0.1, -0.05) is 13.0 Å². The fourth-order valence-electron chi connectivity index (χ4n) is 3.07. The summed E-state index contributed by atoms with van der Waals surface area (Å²) in [5, 5.41) is 6.51. The lowest BCUT2D eigenvalue weighted by atomic mass is 10.1. The first-order valence-electron chi connectivity index (χ1n) is 9.28. The first-order chi connectivity index (χ1) is 12.8. The molecule has 2 unspecified atom stereocenters. The molecular weight excluding hydrogens is 484 g/mol. The van der Waals surface area contributed by atoms with Crippen molar-refractivity contribution in [2.45, 2.75) is 32.0 Å². The maximum Gasteiger partial charge on any atom is 0.416 e. The van der Waals surface area contributed by atoms with Gasteiger partial charge in [0.2, 0.25) is 0 Å².